The summed E-state index contributed by atoms with van der Waals surface area (Å²) in [6.07, 6.45) is 8.67. The van der Waals surface area contributed by atoms with E-state index in [0.29, 0.717) is 35.4 Å². The zero-order chi connectivity index (χ0) is 46.7. The predicted octanol–water partition coefficient (Wildman–Crippen LogP) is 5.45. The number of nitriles is 1. The van der Waals surface area contributed by atoms with Crippen LogP contribution < -0.4 is 26.4 Å². The summed E-state index contributed by atoms with van der Waals surface area (Å²) in [7, 11) is 3.66. The molecule has 4 aromatic rings. The number of aromatic nitrogens is 3. The molecule has 66 heavy (non-hydrogen) atoms. The van der Waals surface area contributed by atoms with Gasteiger partial charge in [0.15, 0.2) is 5.82 Å². The lowest BCUT2D eigenvalue weighted by atomic mass is 9.97. The molecule has 0 unspecified atom stereocenters. The Balaban J connectivity index is 1.08. The summed E-state index contributed by atoms with van der Waals surface area (Å²) in [6.45, 7) is 12.9. The molecule has 17 heteroatoms. The summed E-state index contributed by atoms with van der Waals surface area (Å²) in [5.74, 6) is -1.61. The SMILES string of the molecule is C[C@H]1CN(C2CCOCC2)CCN1c1ccc(Nc2nc(-c3ccnc(NC(=O)c4ccc(C5CC5)cc4F)c3CO)cn(C)c2=O)cc1NC(=O)/C(C#N)=C/C(C)(C)N1CCN(C)CC1. The lowest BCUT2D eigenvalue weighted by Crippen LogP contribution is -2.56. The second kappa shape index (κ2) is 19.8. The molecule has 1 saturated carbocycles. The molecule has 0 radical (unpaired) electrons. The fourth-order valence-corrected chi connectivity index (χ4v) is 9.37. The van der Waals surface area contributed by atoms with Crippen molar-refractivity contribution >= 4 is 40.5 Å². The number of aliphatic hydroxyl groups is 1. The van der Waals surface area contributed by atoms with Gasteiger partial charge < -0.3 is 40.2 Å². The monoisotopic (exact) mass is 901 g/mol. The molecule has 5 heterocycles. The van der Waals surface area contributed by atoms with Gasteiger partial charge in [-0.15, -0.1) is 0 Å². The number of aliphatic hydroxyl groups excluding tert-OH is 1. The van der Waals surface area contributed by atoms with Gasteiger partial charge in [0.2, 0.25) is 0 Å². The molecule has 16 nitrogen and oxygen atoms in total. The van der Waals surface area contributed by atoms with Crippen LogP contribution in [-0.2, 0) is 23.2 Å². The summed E-state index contributed by atoms with van der Waals surface area (Å²) in [6, 6.07) is 14.4. The fourth-order valence-electron chi connectivity index (χ4n) is 9.37. The van der Waals surface area contributed by atoms with Crippen molar-refractivity contribution in [2.24, 2.45) is 7.05 Å². The molecule has 4 aliphatic rings. The molecule has 0 bridgehead atoms. The number of hydrogen-bond acceptors (Lipinski definition) is 13. The quantitative estimate of drug-likeness (QED) is 0.0983. The van der Waals surface area contributed by atoms with Gasteiger partial charge in [0, 0.05) is 113 Å². The van der Waals surface area contributed by atoms with E-state index in [1.165, 1.54) is 29.1 Å². The number of ether oxygens (including phenoxy) is 1. The van der Waals surface area contributed by atoms with Crippen LogP contribution in [0, 0.1) is 17.1 Å². The Morgan fingerprint density at radius 3 is 2.42 bits per heavy atom. The molecule has 3 aliphatic heterocycles. The number of nitrogens with one attached hydrogen (secondary N) is 3. The molecule has 4 fully saturated rings. The number of halogens is 1. The van der Waals surface area contributed by atoms with Crippen LogP contribution in [-0.4, -0.2) is 130 Å². The molecule has 1 atom stereocenters. The van der Waals surface area contributed by atoms with Crippen molar-refractivity contribution < 1.29 is 23.8 Å². The predicted molar refractivity (Wildman–Crippen MR) is 252 cm³/mol. The maximum Gasteiger partial charge on any atom is 0.293 e. The second-order valence-corrected chi connectivity index (χ2v) is 18.5. The summed E-state index contributed by atoms with van der Waals surface area (Å²) < 4.78 is 22.1. The van der Waals surface area contributed by atoms with Crippen molar-refractivity contribution in [3.63, 3.8) is 0 Å². The topological polar surface area (TPSA) is 184 Å². The lowest BCUT2D eigenvalue weighted by molar-refractivity contribution is -0.112. The number of carbonyl (C=O) groups excluding carboxylic acids is 2. The second-order valence-electron chi connectivity index (χ2n) is 18.5. The van der Waals surface area contributed by atoms with E-state index in [1.807, 2.05) is 26.0 Å². The third kappa shape index (κ3) is 10.3. The highest BCUT2D eigenvalue weighted by Gasteiger charge is 2.33. The van der Waals surface area contributed by atoms with Crippen LogP contribution in [0.5, 0.6) is 0 Å². The van der Waals surface area contributed by atoms with Crippen LogP contribution in [0.15, 0.2) is 71.3 Å². The minimum Gasteiger partial charge on any atom is -0.392 e. The number of nitrogens with zero attached hydrogens (tertiary/aromatic N) is 8. The lowest BCUT2D eigenvalue weighted by Gasteiger charge is -2.45. The maximum absolute atomic E-state index is 15.1. The Morgan fingerprint density at radius 2 is 1.74 bits per heavy atom. The van der Waals surface area contributed by atoms with Crippen LogP contribution in [0.1, 0.15) is 73.9 Å². The van der Waals surface area contributed by atoms with E-state index in [4.69, 9.17) is 9.72 Å². The number of amides is 2. The highest BCUT2D eigenvalue weighted by Crippen LogP contribution is 2.40. The number of anilines is 5. The Hall–Kier alpha value is -6.03. The van der Waals surface area contributed by atoms with Crippen molar-refractivity contribution in [3.05, 3.63) is 99.4 Å². The fraction of sp³-hybridized carbons (Fsp3) is 0.469. The van der Waals surface area contributed by atoms with Crippen molar-refractivity contribution in [3.8, 4) is 17.3 Å². The summed E-state index contributed by atoms with van der Waals surface area (Å²) in [5.41, 5.74) is 2.27. The molecule has 2 aromatic heterocycles. The zero-order valence-corrected chi connectivity index (χ0v) is 38.4. The average Bonchev–Trinajstić information content (AvgIpc) is 4.16. The molecule has 4 N–H and O–H groups in total. The van der Waals surface area contributed by atoms with Gasteiger partial charge in [0.1, 0.15) is 23.3 Å². The van der Waals surface area contributed by atoms with Crippen molar-refractivity contribution in [2.45, 2.75) is 76.6 Å². The number of aryl methyl sites for hydroxylation is 1. The van der Waals surface area contributed by atoms with Gasteiger partial charge in [-0.2, -0.15) is 5.26 Å². The Bertz CT molecular complexity index is 2590. The number of rotatable bonds is 13. The van der Waals surface area contributed by atoms with E-state index in [9.17, 15) is 24.8 Å². The Kier molecular flexibility index (Phi) is 14.0. The van der Waals surface area contributed by atoms with E-state index >= 15 is 4.39 Å². The maximum atomic E-state index is 15.1. The number of pyridine rings is 1. The largest absolute Gasteiger partial charge is 0.392 e. The molecule has 348 valence electrons. The molecular weight excluding hydrogens is 842 g/mol. The summed E-state index contributed by atoms with van der Waals surface area (Å²) >= 11 is 0. The smallest absolute Gasteiger partial charge is 0.293 e. The van der Waals surface area contributed by atoms with Gasteiger partial charge >= 0.3 is 0 Å². The minimum absolute atomic E-state index is 0.00641. The first-order valence-corrected chi connectivity index (χ1v) is 22.9. The number of likely N-dealkylation sites (N-methyl/N-ethyl adjacent to an activating group) is 1. The van der Waals surface area contributed by atoms with Gasteiger partial charge in [-0.05, 0) is 107 Å². The molecular formula is C49H60FN11O5. The van der Waals surface area contributed by atoms with E-state index < -0.39 is 35.3 Å². The van der Waals surface area contributed by atoms with Gasteiger partial charge in [-0.1, -0.05) is 6.07 Å². The van der Waals surface area contributed by atoms with E-state index in [0.717, 1.165) is 89.4 Å². The number of hydrogen-bond donors (Lipinski definition) is 4. The first kappa shape index (κ1) is 46.5. The van der Waals surface area contributed by atoms with Crippen LogP contribution in [0.25, 0.3) is 11.3 Å². The Labute approximate surface area is 385 Å². The third-order valence-corrected chi connectivity index (χ3v) is 13.4. The Morgan fingerprint density at radius 1 is 0.985 bits per heavy atom. The van der Waals surface area contributed by atoms with Gasteiger partial charge in [-0.3, -0.25) is 24.2 Å². The molecule has 0 spiro atoms. The van der Waals surface area contributed by atoms with Crippen molar-refractivity contribution in [2.75, 3.05) is 86.9 Å². The molecule has 1 aliphatic carbocycles. The van der Waals surface area contributed by atoms with Crippen molar-refractivity contribution in [1.82, 2.24) is 29.2 Å². The molecule has 2 amide bonds. The number of benzene rings is 2. The highest BCUT2D eigenvalue weighted by atomic mass is 19.1. The average molecular weight is 902 g/mol. The van der Waals surface area contributed by atoms with Gasteiger partial charge in [0.25, 0.3) is 17.4 Å². The molecule has 2 aromatic carbocycles. The third-order valence-electron chi connectivity index (χ3n) is 13.4. The van der Waals surface area contributed by atoms with Crippen LogP contribution in [0.3, 0.4) is 0 Å². The van der Waals surface area contributed by atoms with Crippen LogP contribution >= 0.6 is 0 Å². The number of piperazine rings is 2. The summed E-state index contributed by atoms with van der Waals surface area (Å²) in [5, 5.41) is 29.9. The van der Waals surface area contributed by atoms with E-state index in [1.54, 1.807) is 31.3 Å². The molecule has 8 rings (SSSR count). The first-order valence-electron chi connectivity index (χ1n) is 22.9. The van der Waals surface area contributed by atoms with Crippen LogP contribution in [0.2, 0.25) is 0 Å². The highest BCUT2D eigenvalue weighted by molar-refractivity contribution is 6.08. The van der Waals surface area contributed by atoms with E-state index in [-0.39, 0.29) is 40.1 Å². The van der Waals surface area contributed by atoms with Gasteiger partial charge in [-0.25, -0.2) is 14.4 Å². The minimum atomic E-state index is -0.719. The number of carbonyl (C=O) groups is 2. The molecule has 3 saturated heterocycles. The normalized spacial score (nSPS) is 19.3. The zero-order valence-electron chi connectivity index (χ0n) is 38.4. The van der Waals surface area contributed by atoms with Crippen LogP contribution in [0.4, 0.5) is 33.1 Å². The van der Waals surface area contributed by atoms with Crippen molar-refractivity contribution in [1.29, 1.82) is 5.26 Å². The summed E-state index contributed by atoms with van der Waals surface area (Å²) in [4.78, 5) is 59.5. The van der Waals surface area contributed by atoms with Gasteiger partial charge in [0.05, 0.1) is 29.2 Å². The first-order chi connectivity index (χ1) is 31.7. The standard InChI is InChI=1S/C49H60FN11O5/c1-31-28-59(36-13-22-66-23-14-36)18-21-61(31)43-11-9-35(25-41(43)55-46(63)34(27-51)26-49(2,3)60-19-16-57(4)17-20-60)53-45-48(65)58(5)29-42(54-45)37-12-15-52-44(39(37)30-62)56-47(64)38-10-8-33(24-40(38)50)32-6-7-32/h8-12,15,24-26,29,31-32,36,62H,6-7,13-14,16-23,28,30H2,1-5H3,(H,53,54)(H,55,63)(H,52,56,64)/b34-26+/t31-/m0/s1. The van der Waals surface area contributed by atoms with E-state index in [2.05, 4.69) is 60.6 Å².